The van der Waals surface area contributed by atoms with Crippen molar-refractivity contribution in [3.8, 4) is 0 Å². The first-order valence-corrected chi connectivity index (χ1v) is 6.40. The molecule has 1 aromatic carbocycles. The van der Waals surface area contributed by atoms with Gasteiger partial charge in [-0.05, 0) is 37.0 Å². The Morgan fingerprint density at radius 2 is 1.75 bits per heavy atom. The Bertz CT molecular complexity index is 324. The largest absolute Gasteiger partial charge is 0.206 e. The summed E-state index contributed by atoms with van der Waals surface area (Å²) in [7, 11) is 0. The Kier molecular flexibility index (Phi) is 5.27. The quantitative estimate of drug-likeness (QED) is 0.485. The molecule has 0 radical (unpaired) electrons. The van der Waals surface area contributed by atoms with Crippen LogP contribution >= 0.6 is 11.6 Å². The van der Waals surface area contributed by atoms with Gasteiger partial charge in [0.1, 0.15) is 5.82 Å². The molecule has 1 unspecified atom stereocenters. The molecule has 90 valence electrons. The topological polar surface area (TPSA) is 0 Å². The molecule has 0 spiro atoms. The van der Waals surface area contributed by atoms with Gasteiger partial charge in [-0.15, -0.1) is 11.6 Å². The fourth-order valence-corrected chi connectivity index (χ4v) is 2.18. The van der Waals surface area contributed by atoms with Crippen LogP contribution in [0.25, 0.3) is 0 Å². The molecule has 0 nitrogen and oxygen atoms in total. The van der Waals surface area contributed by atoms with Gasteiger partial charge in [0.05, 0.1) is 5.38 Å². The highest BCUT2D eigenvalue weighted by Crippen LogP contribution is 2.29. The zero-order valence-corrected chi connectivity index (χ0v) is 11.1. The van der Waals surface area contributed by atoms with Crippen LogP contribution in [0.5, 0.6) is 0 Å². The summed E-state index contributed by atoms with van der Waals surface area (Å²) in [5.74, 6) is -0.110. The van der Waals surface area contributed by atoms with Gasteiger partial charge in [0.15, 0.2) is 0 Å². The second-order valence-corrected chi connectivity index (χ2v) is 4.96. The zero-order valence-electron chi connectivity index (χ0n) is 10.3. The van der Waals surface area contributed by atoms with Crippen molar-refractivity contribution in [3.63, 3.8) is 0 Å². The van der Waals surface area contributed by atoms with E-state index < -0.39 is 0 Å². The molecule has 1 aromatic rings. The van der Waals surface area contributed by atoms with E-state index in [1.165, 1.54) is 12.8 Å². The van der Waals surface area contributed by atoms with E-state index in [9.17, 15) is 4.39 Å². The number of benzene rings is 1. The van der Waals surface area contributed by atoms with Crippen molar-refractivity contribution in [3.05, 3.63) is 34.6 Å². The number of hydrogen-bond acceptors (Lipinski definition) is 0. The Morgan fingerprint density at radius 3 is 2.25 bits per heavy atom. The molecule has 0 aliphatic heterocycles. The molecule has 0 N–H and O–H groups in total. The van der Waals surface area contributed by atoms with Crippen molar-refractivity contribution in [1.29, 1.82) is 0 Å². The smallest absolute Gasteiger partial charge is 0.129 e. The average molecular weight is 243 g/mol. The number of halogens is 2. The van der Waals surface area contributed by atoms with Crippen LogP contribution < -0.4 is 0 Å². The number of alkyl halides is 1. The van der Waals surface area contributed by atoms with Gasteiger partial charge in [-0.2, -0.15) is 0 Å². The van der Waals surface area contributed by atoms with Gasteiger partial charge in [-0.25, -0.2) is 4.39 Å². The summed E-state index contributed by atoms with van der Waals surface area (Å²) in [6.07, 6.45) is 4.52. The second kappa shape index (κ2) is 6.24. The third-order valence-electron chi connectivity index (χ3n) is 2.88. The van der Waals surface area contributed by atoms with E-state index in [-0.39, 0.29) is 11.2 Å². The Labute approximate surface area is 103 Å². The molecule has 2 heteroatoms. The Balaban J connectivity index is 2.72. The first-order chi connectivity index (χ1) is 7.56. The maximum Gasteiger partial charge on any atom is 0.129 e. The SMILES string of the molecule is CCCCCC(Cl)c1cc(C)c(F)c(C)c1. The lowest BCUT2D eigenvalue weighted by molar-refractivity contribution is 0.605. The van der Waals surface area contributed by atoms with Gasteiger partial charge < -0.3 is 0 Å². The fraction of sp³-hybridized carbons (Fsp3) is 0.571. The normalized spacial score (nSPS) is 12.8. The first kappa shape index (κ1) is 13.5. The molecule has 0 bridgehead atoms. The molecule has 0 fully saturated rings. The minimum absolute atomic E-state index is 0.0181. The lowest BCUT2D eigenvalue weighted by Gasteiger charge is -2.12. The van der Waals surface area contributed by atoms with Gasteiger partial charge in [0, 0.05) is 0 Å². The monoisotopic (exact) mass is 242 g/mol. The molecular formula is C14H20ClF. The van der Waals surface area contributed by atoms with Crippen LogP contribution in [0.1, 0.15) is 54.7 Å². The molecule has 0 aromatic heterocycles. The van der Waals surface area contributed by atoms with Crippen molar-refractivity contribution >= 4 is 11.6 Å². The van der Waals surface area contributed by atoms with Crippen LogP contribution in [0.4, 0.5) is 4.39 Å². The number of hydrogen-bond donors (Lipinski definition) is 0. The molecule has 0 saturated carbocycles. The predicted molar refractivity (Wildman–Crippen MR) is 68.6 cm³/mol. The second-order valence-electron chi connectivity index (χ2n) is 4.43. The van der Waals surface area contributed by atoms with Crippen LogP contribution in [0.15, 0.2) is 12.1 Å². The van der Waals surface area contributed by atoms with E-state index in [1.54, 1.807) is 13.8 Å². The Hall–Kier alpha value is -0.560. The highest BCUT2D eigenvalue weighted by Gasteiger charge is 2.11. The summed E-state index contributed by atoms with van der Waals surface area (Å²) in [5.41, 5.74) is 2.43. The highest BCUT2D eigenvalue weighted by atomic mass is 35.5. The molecule has 0 aliphatic carbocycles. The van der Waals surface area contributed by atoms with Crippen LogP contribution in [0.3, 0.4) is 0 Å². The van der Waals surface area contributed by atoms with Crippen LogP contribution in [0, 0.1) is 19.7 Å². The van der Waals surface area contributed by atoms with E-state index in [4.69, 9.17) is 11.6 Å². The third-order valence-corrected chi connectivity index (χ3v) is 3.35. The van der Waals surface area contributed by atoms with E-state index in [0.717, 1.165) is 18.4 Å². The molecule has 1 rings (SSSR count). The van der Waals surface area contributed by atoms with E-state index in [0.29, 0.717) is 11.1 Å². The van der Waals surface area contributed by atoms with Gasteiger partial charge >= 0.3 is 0 Å². The summed E-state index contributed by atoms with van der Waals surface area (Å²) >= 11 is 6.32. The molecule has 0 saturated heterocycles. The number of aryl methyl sites for hydroxylation is 2. The lowest BCUT2D eigenvalue weighted by Crippen LogP contribution is -1.96. The van der Waals surface area contributed by atoms with E-state index >= 15 is 0 Å². The molecule has 0 heterocycles. The van der Waals surface area contributed by atoms with E-state index in [2.05, 4.69) is 6.92 Å². The number of unbranched alkanes of at least 4 members (excludes halogenated alkanes) is 2. The van der Waals surface area contributed by atoms with Gasteiger partial charge in [0.25, 0.3) is 0 Å². The summed E-state index contributed by atoms with van der Waals surface area (Å²) in [5, 5.41) is 0.0181. The lowest BCUT2D eigenvalue weighted by atomic mass is 10.0. The van der Waals surface area contributed by atoms with Crippen molar-refractivity contribution in [2.45, 2.75) is 51.8 Å². The third kappa shape index (κ3) is 3.48. The van der Waals surface area contributed by atoms with E-state index in [1.807, 2.05) is 12.1 Å². The first-order valence-electron chi connectivity index (χ1n) is 5.97. The summed E-state index contributed by atoms with van der Waals surface area (Å²) in [6, 6.07) is 3.73. The standard InChI is InChI=1S/C14H20ClF/c1-4-5-6-7-13(15)12-8-10(2)14(16)11(3)9-12/h8-9,13H,4-7H2,1-3H3. The fourth-order valence-electron chi connectivity index (χ4n) is 1.90. The van der Waals surface area contributed by atoms with Crippen LogP contribution in [-0.2, 0) is 0 Å². The summed E-state index contributed by atoms with van der Waals surface area (Å²) in [4.78, 5) is 0. The highest BCUT2D eigenvalue weighted by molar-refractivity contribution is 6.20. The van der Waals surface area contributed by atoms with Crippen molar-refractivity contribution in [1.82, 2.24) is 0 Å². The average Bonchev–Trinajstić information content (AvgIpc) is 2.25. The molecular weight excluding hydrogens is 223 g/mol. The summed E-state index contributed by atoms with van der Waals surface area (Å²) in [6.45, 7) is 5.76. The van der Waals surface area contributed by atoms with Gasteiger partial charge in [-0.1, -0.05) is 38.3 Å². The summed E-state index contributed by atoms with van der Waals surface area (Å²) < 4.78 is 13.4. The predicted octanol–water partition coefficient (Wildman–Crippen LogP) is 5.30. The minimum atomic E-state index is -0.110. The molecule has 0 amide bonds. The maximum absolute atomic E-state index is 13.4. The van der Waals surface area contributed by atoms with Crippen molar-refractivity contribution in [2.75, 3.05) is 0 Å². The molecule has 1 atom stereocenters. The minimum Gasteiger partial charge on any atom is -0.206 e. The maximum atomic E-state index is 13.4. The molecule has 0 aliphatic rings. The zero-order chi connectivity index (χ0) is 12.1. The molecule has 16 heavy (non-hydrogen) atoms. The van der Waals surface area contributed by atoms with Crippen molar-refractivity contribution < 1.29 is 4.39 Å². The number of rotatable bonds is 5. The van der Waals surface area contributed by atoms with Gasteiger partial charge in [-0.3, -0.25) is 0 Å². The van der Waals surface area contributed by atoms with Crippen LogP contribution in [-0.4, -0.2) is 0 Å². The Morgan fingerprint density at radius 1 is 1.19 bits per heavy atom. The van der Waals surface area contributed by atoms with Gasteiger partial charge in [0.2, 0.25) is 0 Å². The van der Waals surface area contributed by atoms with Crippen molar-refractivity contribution in [2.24, 2.45) is 0 Å². The van der Waals surface area contributed by atoms with Crippen LogP contribution in [0.2, 0.25) is 0 Å².